The van der Waals surface area contributed by atoms with Gasteiger partial charge in [-0.15, -0.1) is 0 Å². The maximum absolute atomic E-state index is 6.09. The minimum Gasteiger partial charge on any atom is -0.369 e. The second kappa shape index (κ2) is 3.70. The number of anilines is 1. The Bertz CT molecular complexity index is 774. The first-order chi connectivity index (χ1) is 9.24. The number of aromatic nitrogens is 3. The summed E-state index contributed by atoms with van der Waals surface area (Å²) < 4.78 is 2.16. The lowest BCUT2D eigenvalue weighted by atomic mass is 10.2. The Morgan fingerprint density at radius 1 is 1.32 bits per heavy atom. The standard InChI is InChI=1S/C15H16N4/c1-9-6-10(9)8-19-14-11-4-2-3-5-12(11)17-7-13(14)18-15(19)16/h2-5,7,9-10H,6,8H2,1H3,(H2,16,18). The third-order valence-electron chi connectivity index (χ3n) is 4.20. The summed E-state index contributed by atoms with van der Waals surface area (Å²) in [7, 11) is 0. The summed E-state index contributed by atoms with van der Waals surface area (Å²) in [5.41, 5.74) is 9.11. The van der Waals surface area contributed by atoms with Gasteiger partial charge in [0, 0.05) is 11.9 Å². The average molecular weight is 252 g/mol. The molecular formula is C15H16N4. The number of nitrogens with zero attached hydrogens (tertiary/aromatic N) is 3. The first kappa shape index (κ1) is 10.8. The minimum atomic E-state index is 0.604. The number of fused-ring (bicyclic) bond motifs is 3. The van der Waals surface area contributed by atoms with E-state index in [2.05, 4.69) is 27.5 Å². The number of benzene rings is 1. The van der Waals surface area contributed by atoms with Crippen LogP contribution >= 0.6 is 0 Å². The van der Waals surface area contributed by atoms with Crippen LogP contribution in [0.4, 0.5) is 5.95 Å². The molecule has 1 saturated carbocycles. The number of imidazole rings is 1. The lowest BCUT2D eigenvalue weighted by Gasteiger charge is -2.07. The fourth-order valence-corrected chi connectivity index (χ4v) is 2.85. The van der Waals surface area contributed by atoms with Crippen molar-refractivity contribution in [2.24, 2.45) is 11.8 Å². The van der Waals surface area contributed by atoms with Crippen LogP contribution in [0.3, 0.4) is 0 Å². The molecular weight excluding hydrogens is 236 g/mol. The molecule has 2 aromatic heterocycles. The molecule has 4 nitrogen and oxygen atoms in total. The van der Waals surface area contributed by atoms with Crippen LogP contribution in [0.25, 0.3) is 21.9 Å². The Morgan fingerprint density at radius 3 is 2.89 bits per heavy atom. The molecule has 2 unspecified atom stereocenters. The van der Waals surface area contributed by atoms with Gasteiger partial charge < -0.3 is 10.3 Å². The number of nitrogen functional groups attached to an aromatic ring is 1. The highest BCUT2D eigenvalue weighted by Crippen LogP contribution is 2.40. The minimum absolute atomic E-state index is 0.604. The first-order valence-corrected chi connectivity index (χ1v) is 6.73. The number of nitrogens with two attached hydrogens (primary N) is 1. The zero-order valence-corrected chi connectivity index (χ0v) is 10.9. The number of hydrogen-bond donors (Lipinski definition) is 1. The summed E-state index contributed by atoms with van der Waals surface area (Å²) in [6.07, 6.45) is 3.11. The zero-order valence-electron chi connectivity index (χ0n) is 10.9. The third kappa shape index (κ3) is 1.59. The number of pyridine rings is 1. The van der Waals surface area contributed by atoms with Crippen LogP contribution in [0.1, 0.15) is 13.3 Å². The second-order valence-corrected chi connectivity index (χ2v) is 5.56. The van der Waals surface area contributed by atoms with E-state index in [0.717, 1.165) is 40.3 Å². The quantitative estimate of drug-likeness (QED) is 0.763. The molecule has 2 N–H and O–H groups in total. The van der Waals surface area contributed by atoms with E-state index in [0.29, 0.717) is 5.95 Å². The van der Waals surface area contributed by atoms with Gasteiger partial charge in [-0.25, -0.2) is 4.98 Å². The second-order valence-electron chi connectivity index (χ2n) is 5.56. The van der Waals surface area contributed by atoms with Crippen molar-refractivity contribution < 1.29 is 0 Å². The summed E-state index contributed by atoms with van der Waals surface area (Å²) in [6, 6.07) is 8.17. The van der Waals surface area contributed by atoms with E-state index in [1.807, 2.05) is 24.4 Å². The summed E-state index contributed by atoms with van der Waals surface area (Å²) in [5.74, 6) is 2.16. The molecule has 3 aromatic rings. The molecule has 0 saturated heterocycles. The van der Waals surface area contributed by atoms with Crippen molar-refractivity contribution in [3.05, 3.63) is 30.5 Å². The normalized spacial score (nSPS) is 22.2. The molecule has 4 rings (SSSR count). The van der Waals surface area contributed by atoms with E-state index in [1.165, 1.54) is 6.42 Å². The fraction of sp³-hybridized carbons (Fsp3) is 0.333. The van der Waals surface area contributed by atoms with Crippen LogP contribution in [0.15, 0.2) is 30.5 Å². The smallest absolute Gasteiger partial charge is 0.201 e. The van der Waals surface area contributed by atoms with E-state index < -0.39 is 0 Å². The Hall–Kier alpha value is -2.10. The van der Waals surface area contributed by atoms with Gasteiger partial charge in [-0.2, -0.15) is 0 Å². The topological polar surface area (TPSA) is 56.7 Å². The summed E-state index contributed by atoms with van der Waals surface area (Å²) in [4.78, 5) is 8.89. The molecule has 1 aromatic carbocycles. The van der Waals surface area contributed by atoms with E-state index in [1.54, 1.807) is 0 Å². The number of hydrogen-bond acceptors (Lipinski definition) is 3. The Kier molecular flexibility index (Phi) is 2.10. The third-order valence-corrected chi connectivity index (χ3v) is 4.20. The van der Waals surface area contributed by atoms with Crippen molar-refractivity contribution in [3.8, 4) is 0 Å². The fourth-order valence-electron chi connectivity index (χ4n) is 2.85. The summed E-state index contributed by atoms with van der Waals surface area (Å²) in [6.45, 7) is 3.26. The molecule has 0 spiro atoms. The molecule has 96 valence electrons. The molecule has 2 heterocycles. The van der Waals surface area contributed by atoms with Crippen LogP contribution in [-0.2, 0) is 6.54 Å². The van der Waals surface area contributed by atoms with Gasteiger partial charge in [0.2, 0.25) is 5.95 Å². The van der Waals surface area contributed by atoms with Gasteiger partial charge in [0.05, 0.1) is 17.2 Å². The number of para-hydroxylation sites is 1. The molecule has 0 amide bonds. The Labute approximate surface area is 111 Å². The largest absolute Gasteiger partial charge is 0.369 e. The lowest BCUT2D eigenvalue weighted by molar-refractivity contribution is 0.613. The highest BCUT2D eigenvalue weighted by molar-refractivity contribution is 6.02. The van der Waals surface area contributed by atoms with Gasteiger partial charge in [0.1, 0.15) is 5.52 Å². The Morgan fingerprint density at radius 2 is 2.11 bits per heavy atom. The van der Waals surface area contributed by atoms with Gasteiger partial charge in [0.25, 0.3) is 0 Å². The molecule has 4 heteroatoms. The zero-order chi connectivity index (χ0) is 13.0. The van der Waals surface area contributed by atoms with E-state index in [9.17, 15) is 0 Å². The van der Waals surface area contributed by atoms with Crippen LogP contribution in [-0.4, -0.2) is 14.5 Å². The van der Waals surface area contributed by atoms with Crippen molar-refractivity contribution in [3.63, 3.8) is 0 Å². The van der Waals surface area contributed by atoms with Crippen molar-refractivity contribution in [2.45, 2.75) is 19.9 Å². The van der Waals surface area contributed by atoms with E-state index in [4.69, 9.17) is 5.73 Å². The van der Waals surface area contributed by atoms with Gasteiger partial charge >= 0.3 is 0 Å². The average Bonchev–Trinajstić information content (AvgIpc) is 3.01. The van der Waals surface area contributed by atoms with Gasteiger partial charge in [-0.05, 0) is 24.3 Å². The molecule has 0 bridgehead atoms. The van der Waals surface area contributed by atoms with Crippen LogP contribution in [0.5, 0.6) is 0 Å². The molecule has 1 aliphatic carbocycles. The molecule has 2 atom stereocenters. The predicted molar refractivity (Wildman–Crippen MR) is 76.7 cm³/mol. The van der Waals surface area contributed by atoms with Gasteiger partial charge in [0.15, 0.2) is 0 Å². The molecule has 1 aliphatic rings. The van der Waals surface area contributed by atoms with Crippen molar-refractivity contribution in [1.29, 1.82) is 0 Å². The van der Waals surface area contributed by atoms with Gasteiger partial charge in [-0.1, -0.05) is 25.1 Å². The van der Waals surface area contributed by atoms with Crippen LogP contribution < -0.4 is 5.73 Å². The monoisotopic (exact) mass is 252 g/mol. The van der Waals surface area contributed by atoms with E-state index in [-0.39, 0.29) is 0 Å². The molecule has 1 fully saturated rings. The van der Waals surface area contributed by atoms with Crippen molar-refractivity contribution >= 4 is 27.9 Å². The van der Waals surface area contributed by atoms with Crippen molar-refractivity contribution in [1.82, 2.24) is 14.5 Å². The van der Waals surface area contributed by atoms with Crippen LogP contribution in [0, 0.1) is 11.8 Å². The molecule has 19 heavy (non-hydrogen) atoms. The molecule has 0 aliphatic heterocycles. The SMILES string of the molecule is CC1CC1Cn1c(N)nc2cnc3ccccc3c21. The summed E-state index contributed by atoms with van der Waals surface area (Å²) >= 11 is 0. The highest BCUT2D eigenvalue weighted by atomic mass is 15.2. The summed E-state index contributed by atoms with van der Waals surface area (Å²) in [5, 5.41) is 1.14. The first-order valence-electron chi connectivity index (χ1n) is 6.73. The van der Waals surface area contributed by atoms with E-state index >= 15 is 0 Å². The Balaban J connectivity index is 1.99. The number of rotatable bonds is 2. The lowest BCUT2D eigenvalue weighted by Crippen LogP contribution is -2.05. The maximum Gasteiger partial charge on any atom is 0.201 e. The van der Waals surface area contributed by atoms with Crippen LogP contribution in [0.2, 0.25) is 0 Å². The highest BCUT2D eigenvalue weighted by Gasteiger charge is 2.33. The maximum atomic E-state index is 6.09. The van der Waals surface area contributed by atoms with Gasteiger partial charge in [-0.3, -0.25) is 4.98 Å². The predicted octanol–water partition coefficient (Wildman–Crippen LogP) is 2.82. The molecule has 0 radical (unpaired) electrons. The van der Waals surface area contributed by atoms with Crippen molar-refractivity contribution in [2.75, 3.05) is 5.73 Å².